The Morgan fingerprint density at radius 2 is 2.26 bits per heavy atom. The second kappa shape index (κ2) is 5.61. The molecule has 2 heterocycles. The highest BCUT2D eigenvalue weighted by molar-refractivity contribution is 5.76. The van der Waals surface area contributed by atoms with Gasteiger partial charge in [0.25, 0.3) is 0 Å². The molecule has 6 heteroatoms. The molecule has 19 heavy (non-hydrogen) atoms. The SMILES string of the molecule is Cc1nn(CC(=O)N2CCC(CCO)C2)c(C)c1N. The van der Waals surface area contributed by atoms with Crippen LogP contribution in [0.5, 0.6) is 0 Å². The summed E-state index contributed by atoms with van der Waals surface area (Å²) < 4.78 is 1.67. The minimum Gasteiger partial charge on any atom is -0.396 e. The van der Waals surface area contributed by atoms with Crippen LogP contribution in [-0.2, 0) is 11.3 Å². The van der Waals surface area contributed by atoms with E-state index >= 15 is 0 Å². The molecule has 1 saturated heterocycles. The van der Waals surface area contributed by atoms with Crippen molar-refractivity contribution < 1.29 is 9.90 Å². The van der Waals surface area contributed by atoms with Crippen LogP contribution >= 0.6 is 0 Å². The van der Waals surface area contributed by atoms with Gasteiger partial charge < -0.3 is 15.7 Å². The molecule has 106 valence electrons. The summed E-state index contributed by atoms with van der Waals surface area (Å²) >= 11 is 0. The molecular weight excluding hydrogens is 244 g/mol. The number of aromatic nitrogens is 2. The van der Waals surface area contributed by atoms with Crippen LogP contribution in [0.2, 0.25) is 0 Å². The van der Waals surface area contributed by atoms with Crippen molar-refractivity contribution in [3.05, 3.63) is 11.4 Å². The van der Waals surface area contributed by atoms with E-state index in [0.717, 1.165) is 37.3 Å². The molecule has 1 amide bonds. The van der Waals surface area contributed by atoms with Gasteiger partial charge >= 0.3 is 0 Å². The second-order valence-electron chi connectivity index (χ2n) is 5.25. The minimum absolute atomic E-state index is 0.0750. The fourth-order valence-electron chi connectivity index (χ4n) is 2.57. The molecule has 0 aliphatic carbocycles. The first-order valence-corrected chi connectivity index (χ1v) is 6.71. The maximum Gasteiger partial charge on any atom is 0.244 e. The van der Waals surface area contributed by atoms with Gasteiger partial charge in [0.05, 0.1) is 17.1 Å². The topological polar surface area (TPSA) is 84.4 Å². The largest absolute Gasteiger partial charge is 0.396 e. The van der Waals surface area contributed by atoms with Gasteiger partial charge in [-0.05, 0) is 32.6 Å². The van der Waals surface area contributed by atoms with Gasteiger partial charge in [0.2, 0.25) is 5.91 Å². The molecule has 6 nitrogen and oxygen atoms in total. The smallest absolute Gasteiger partial charge is 0.244 e. The zero-order valence-corrected chi connectivity index (χ0v) is 11.6. The first-order valence-electron chi connectivity index (χ1n) is 6.71. The standard InChI is InChI=1S/C13H22N4O2/c1-9-13(14)10(2)17(15-9)8-12(19)16-5-3-11(7-16)4-6-18/h11,18H,3-8,14H2,1-2H3. The number of aliphatic hydroxyl groups excluding tert-OH is 1. The molecule has 1 unspecified atom stereocenters. The summed E-state index contributed by atoms with van der Waals surface area (Å²) in [4.78, 5) is 14.1. The molecule has 0 aromatic carbocycles. The van der Waals surface area contributed by atoms with Gasteiger partial charge in [0.15, 0.2) is 0 Å². The van der Waals surface area contributed by atoms with Crippen molar-refractivity contribution in [2.75, 3.05) is 25.4 Å². The highest BCUT2D eigenvalue weighted by Gasteiger charge is 2.26. The number of likely N-dealkylation sites (tertiary alicyclic amines) is 1. The number of rotatable bonds is 4. The van der Waals surface area contributed by atoms with Crippen molar-refractivity contribution >= 4 is 11.6 Å². The monoisotopic (exact) mass is 266 g/mol. The van der Waals surface area contributed by atoms with E-state index in [1.807, 2.05) is 18.7 Å². The summed E-state index contributed by atoms with van der Waals surface area (Å²) in [6, 6.07) is 0. The summed E-state index contributed by atoms with van der Waals surface area (Å²) in [6.07, 6.45) is 1.75. The fourth-order valence-corrected chi connectivity index (χ4v) is 2.57. The number of nitrogens with two attached hydrogens (primary N) is 1. The average molecular weight is 266 g/mol. The van der Waals surface area contributed by atoms with Gasteiger partial charge in [-0.1, -0.05) is 0 Å². The summed E-state index contributed by atoms with van der Waals surface area (Å²) in [5, 5.41) is 13.2. The third-order valence-corrected chi connectivity index (χ3v) is 3.90. The van der Waals surface area contributed by atoms with Crippen molar-refractivity contribution in [3.8, 4) is 0 Å². The molecule has 0 radical (unpaired) electrons. The molecule has 1 aliphatic rings. The van der Waals surface area contributed by atoms with Crippen LogP contribution in [0.15, 0.2) is 0 Å². The van der Waals surface area contributed by atoms with Gasteiger partial charge in [-0.2, -0.15) is 5.10 Å². The van der Waals surface area contributed by atoms with Gasteiger partial charge in [-0.3, -0.25) is 9.48 Å². The minimum atomic E-state index is 0.0750. The van der Waals surface area contributed by atoms with Crippen molar-refractivity contribution in [1.29, 1.82) is 0 Å². The summed E-state index contributed by atoms with van der Waals surface area (Å²) in [5.41, 5.74) is 8.13. The Kier molecular flexibility index (Phi) is 4.09. The first kappa shape index (κ1) is 13.9. The van der Waals surface area contributed by atoms with Crippen LogP contribution in [0.3, 0.4) is 0 Å². The number of carbonyl (C=O) groups excluding carboxylic acids is 1. The Morgan fingerprint density at radius 1 is 1.53 bits per heavy atom. The van der Waals surface area contributed by atoms with E-state index in [-0.39, 0.29) is 19.1 Å². The fraction of sp³-hybridized carbons (Fsp3) is 0.692. The molecular formula is C13H22N4O2. The number of hydrogen-bond donors (Lipinski definition) is 2. The lowest BCUT2D eigenvalue weighted by Gasteiger charge is -2.17. The van der Waals surface area contributed by atoms with E-state index in [0.29, 0.717) is 11.6 Å². The summed E-state index contributed by atoms with van der Waals surface area (Å²) in [7, 11) is 0. The highest BCUT2D eigenvalue weighted by Crippen LogP contribution is 2.20. The predicted octanol–water partition coefficient (Wildman–Crippen LogP) is 0.313. The van der Waals surface area contributed by atoms with Crippen molar-refractivity contribution in [1.82, 2.24) is 14.7 Å². The second-order valence-corrected chi connectivity index (χ2v) is 5.25. The predicted molar refractivity (Wildman–Crippen MR) is 72.5 cm³/mol. The number of anilines is 1. The third-order valence-electron chi connectivity index (χ3n) is 3.90. The molecule has 3 N–H and O–H groups in total. The quantitative estimate of drug-likeness (QED) is 0.821. The number of aryl methyl sites for hydroxylation is 1. The van der Waals surface area contributed by atoms with E-state index in [4.69, 9.17) is 10.8 Å². The van der Waals surface area contributed by atoms with E-state index in [9.17, 15) is 4.79 Å². The molecule has 0 saturated carbocycles. The normalized spacial score (nSPS) is 19.1. The summed E-state index contributed by atoms with van der Waals surface area (Å²) in [6.45, 7) is 5.68. The Balaban J connectivity index is 1.96. The molecule has 1 aromatic heterocycles. The molecule has 1 atom stereocenters. The maximum atomic E-state index is 12.2. The van der Waals surface area contributed by atoms with E-state index < -0.39 is 0 Å². The van der Waals surface area contributed by atoms with E-state index in [1.54, 1.807) is 4.68 Å². The molecule has 1 aliphatic heterocycles. The van der Waals surface area contributed by atoms with Crippen LogP contribution in [0.1, 0.15) is 24.2 Å². The first-order chi connectivity index (χ1) is 9.02. The van der Waals surface area contributed by atoms with Gasteiger partial charge in [-0.25, -0.2) is 0 Å². The Morgan fingerprint density at radius 3 is 2.84 bits per heavy atom. The van der Waals surface area contributed by atoms with Crippen LogP contribution in [-0.4, -0.2) is 45.4 Å². The number of nitrogen functional groups attached to an aromatic ring is 1. The van der Waals surface area contributed by atoms with Crippen LogP contribution in [0, 0.1) is 19.8 Å². The molecule has 1 aromatic rings. The highest BCUT2D eigenvalue weighted by atomic mass is 16.3. The van der Waals surface area contributed by atoms with Gasteiger partial charge in [-0.15, -0.1) is 0 Å². The van der Waals surface area contributed by atoms with Crippen LogP contribution in [0.4, 0.5) is 5.69 Å². The number of carbonyl (C=O) groups is 1. The average Bonchev–Trinajstić information content (AvgIpc) is 2.92. The third kappa shape index (κ3) is 2.89. The summed E-state index contributed by atoms with van der Waals surface area (Å²) in [5.74, 6) is 0.505. The molecule has 0 bridgehead atoms. The van der Waals surface area contributed by atoms with E-state index in [1.165, 1.54) is 0 Å². The Bertz CT molecular complexity index is 469. The van der Waals surface area contributed by atoms with Gasteiger partial charge in [0.1, 0.15) is 6.54 Å². The zero-order chi connectivity index (χ0) is 14.0. The lowest BCUT2D eigenvalue weighted by atomic mass is 10.1. The maximum absolute atomic E-state index is 12.2. The zero-order valence-electron chi connectivity index (χ0n) is 11.6. The number of hydrogen-bond acceptors (Lipinski definition) is 4. The molecule has 1 fully saturated rings. The lowest BCUT2D eigenvalue weighted by molar-refractivity contribution is -0.131. The van der Waals surface area contributed by atoms with Gasteiger partial charge in [0, 0.05) is 19.7 Å². The van der Waals surface area contributed by atoms with E-state index in [2.05, 4.69) is 5.10 Å². The van der Waals surface area contributed by atoms with Crippen molar-refractivity contribution in [3.63, 3.8) is 0 Å². The molecule has 0 spiro atoms. The number of amides is 1. The number of nitrogens with zero attached hydrogens (tertiary/aromatic N) is 3. The Labute approximate surface area is 113 Å². The van der Waals surface area contributed by atoms with Crippen molar-refractivity contribution in [2.45, 2.75) is 33.2 Å². The van der Waals surface area contributed by atoms with Crippen LogP contribution in [0.25, 0.3) is 0 Å². The molecule has 2 rings (SSSR count). The van der Waals surface area contributed by atoms with Crippen molar-refractivity contribution in [2.24, 2.45) is 5.92 Å². The number of aliphatic hydroxyl groups is 1. The lowest BCUT2D eigenvalue weighted by Crippen LogP contribution is -2.32. The van der Waals surface area contributed by atoms with Crippen LogP contribution < -0.4 is 5.73 Å². The Hall–Kier alpha value is -1.56.